The molecule has 1 aromatic carbocycles. The maximum absolute atomic E-state index is 14.6. The van der Waals surface area contributed by atoms with Crippen LogP contribution in [0.15, 0.2) is 29.2 Å². The molecule has 4 aliphatic rings. The number of pyridine rings is 1. The number of aliphatic hydroxyl groups excluding tert-OH is 2. The van der Waals surface area contributed by atoms with Gasteiger partial charge in [-0.25, -0.2) is 4.79 Å². The number of aromatic carboxylic acids is 1. The predicted molar refractivity (Wildman–Crippen MR) is 298 cm³/mol. The molecule has 2 aromatic rings. The zero-order chi connectivity index (χ0) is 59.2. The van der Waals surface area contributed by atoms with E-state index < -0.39 is 107 Å². The molecule has 21 heteroatoms. The summed E-state index contributed by atoms with van der Waals surface area (Å²) in [6.07, 6.45) is -3.22. The minimum Gasteiger partial charge on any atom is -0.477 e. The van der Waals surface area contributed by atoms with Crippen LogP contribution in [0.4, 0.5) is 0 Å². The molecule has 4 heterocycles. The highest BCUT2D eigenvalue weighted by atomic mass is 16.7. The van der Waals surface area contributed by atoms with Crippen molar-refractivity contribution in [3.05, 3.63) is 45.7 Å². The summed E-state index contributed by atoms with van der Waals surface area (Å²) < 4.78 is 52.4. The molecular weight excluding hydrogens is 1040 g/mol. The first-order valence-electron chi connectivity index (χ1n) is 29.0. The summed E-state index contributed by atoms with van der Waals surface area (Å²) in [6.45, 7) is 19.2. The van der Waals surface area contributed by atoms with Crippen LogP contribution in [0.25, 0.3) is 10.9 Å². The number of carboxylic acid groups (broad SMARTS) is 1. The lowest BCUT2D eigenvalue weighted by atomic mass is 9.77. The number of rotatable bonds is 20. The van der Waals surface area contributed by atoms with E-state index in [-0.39, 0.29) is 74.5 Å². The summed E-state index contributed by atoms with van der Waals surface area (Å²) >= 11 is 0. The number of benzene rings is 1. The fourth-order valence-electron chi connectivity index (χ4n) is 12.5. The Bertz CT molecular complexity index is 2430. The molecule has 80 heavy (non-hydrogen) atoms. The topological polar surface area (TPSA) is 267 Å². The van der Waals surface area contributed by atoms with E-state index in [1.54, 1.807) is 40.7 Å². The van der Waals surface area contributed by atoms with Crippen LogP contribution in [0.1, 0.15) is 143 Å². The Kier molecular flexibility index (Phi) is 22.8. The highest BCUT2D eigenvalue weighted by Gasteiger charge is 2.53. The molecule has 1 amide bonds. The third-order valence-corrected chi connectivity index (χ3v) is 17.4. The summed E-state index contributed by atoms with van der Waals surface area (Å²) in [5, 5.41) is 61.3. The van der Waals surface area contributed by atoms with Crippen LogP contribution >= 0.6 is 0 Å². The van der Waals surface area contributed by atoms with Gasteiger partial charge in [0.2, 0.25) is 11.3 Å². The van der Waals surface area contributed by atoms with Gasteiger partial charge in [-0.1, -0.05) is 26.8 Å². The highest BCUT2D eigenvalue weighted by Crippen LogP contribution is 2.41. The fraction of sp³-hybridized carbons (Fsp3) is 0.797. The van der Waals surface area contributed by atoms with E-state index in [0.717, 1.165) is 23.9 Å². The highest BCUT2D eigenvalue weighted by molar-refractivity contribution is 5.92. The Morgan fingerprint density at radius 3 is 2.23 bits per heavy atom. The number of methoxy groups -OCH3 is 1. The molecule has 6 N–H and O–H groups in total. The molecule has 454 valence electrons. The van der Waals surface area contributed by atoms with Gasteiger partial charge in [0.15, 0.2) is 12.6 Å². The number of ether oxygens (including phenoxy) is 8. The number of amides is 1. The van der Waals surface area contributed by atoms with E-state index in [1.807, 2.05) is 75.3 Å². The summed E-state index contributed by atoms with van der Waals surface area (Å²) in [6, 6.07) is 4.30. The molecule has 0 spiro atoms. The fourth-order valence-corrected chi connectivity index (χ4v) is 12.5. The Labute approximate surface area is 472 Å². The summed E-state index contributed by atoms with van der Waals surface area (Å²) in [5.41, 5.74) is -3.59. The molecule has 4 fully saturated rings. The molecular formula is C59H96N4O17. The van der Waals surface area contributed by atoms with Crippen molar-refractivity contribution in [3.8, 4) is 0 Å². The van der Waals surface area contributed by atoms with Crippen molar-refractivity contribution in [2.75, 3.05) is 61.2 Å². The van der Waals surface area contributed by atoms with Gasteiger partial charge in [-0.2, -0.15) is 0 Å². The first-order chi connectivity index (χ1) is 37.5. The molecule has 0 unspecified atom stereocenters. The number of fused-ring (bicyclic) bond motifs is 1. The number of likely N-dealkylation sites (N-methyl/N-ethyl adjacent to an activating group) is 2. The van der Waals surface area contributed by atoms with Crippen LogP contribution in [0.5, 0.6) is 0 Å². The second-order valence-electron chi connectivity index (χ2n) is 24.5. The molecule has 3 aliphatic heterocycles. The second-order valence-corrected chi connectivity index (χ2v) is 24.5. The van der Waals surface area contributed by atoms with E-state index >= 15 is 0 Å². The van der Waals surface area contributed by atoms with Crippen LogP contribution in [0.3, 0.4) is 0 Å². The number of aromatic nitrogens is 1. The van der Waals surface area contributed by atoms with Crippen molar-refractivity contribution in [2.45, 2.75) is 223 Å². The van der Waals surface area contributed by atoms with E-state index in [0.29, 0.717) is 44.4 Å². The van der Waals surface area contributed by atoms with E-state index in [4.69, 9.17) is 37.9 Å². The first kappa shape index (κ1) is 65.5. The first-order valence-corrected chi connectivity index (χ1v) is 29.0. The van der Waals surface area contributed by atoms with Gasteiger partial charge in [-0.3, -0.25) is 14.4 Å². The lowest BCUT2D eigenvalue weighted by molar-refractivity contribution is -0.311. The third-order valence-electron chi connectivity index (χ3n) is 17.4. The van der Waals surface area contributed by atoms with Crippen LogP contribution in [0, 0.1) is 17.8 Å². The molecule has 6 rings (SSSR count). The molecule has 3 saturated heterocycles. The quantitative estimate of drug-likeness (QED) is 0.0791. The van der Waals surface area contributed by atoms with Crippen molar-refractivity contribution >= 4 is 28.7 Å². The van der Waals surface area contributed by atoms with Crippen LogP contribution in [-0.2, 0) is 53.9 Å². The van der Waals surface area contributed by atoms with Crippen molar-refractivity contribution in [2.24, 2.45) is 17.8 Å². The number of esters is 1. The Morgan fingerprint density at radius 1 is 0.925 bits per heavy atom. The zero-order valence-electron chi connectivity index (χ0n) is 49.9. The summed E-state index contributed by atoms with van der Waals surface area (Å²) in [5.74, 6) is -4.36. The van der Waals surface area contributed by atoms with E-state index in [2.05, 4.69) is 5.32 Å². The standard InChI is InChI=1S/C59H96N4O17/c1-15-45-59(10,72)52(67)37(6)62(13)31-33(2)29-57(8,71)53(80-56-49(66)44(61(11)12)27-34(3)76-56)35(4)50(36(5)55(70)78-45)79-47-30-58(9,73-14)51(38(7)77-47)60-46(64)22-24-75-26-25-74-23-16-17-39-18-21-43-41(28-39)48(65)42(54(68)69)32-63(43)40-19-20-40/h18,21,28,32-38,40,44-45,47,49-53,56,66-67,71-72H,15-17,19-20,22-27,29-31H2,1-14H3,(H,60,64)(H,68,69)/t33-,34-,35+,36-,37-,38+,44+,45-,47+,49-,50+,51+,52-,53-,56+,57-,58-,59-/m1/s1. The Balaban J connectivity index is 1.10. The number of hydrogen-bond donors (Lipinski definition) is 6. The van der Waals surface area contributed by atoms with Gasteiger partial charge in [-0.15, -0.1) is 0 Å². The second kappa shape index (κ2) is 27.8. The van der Waals surface area contributed by atoms with Gasteiger partial charge in [0, 0.05) is 68.7 Å². The normalized spacial score (nSPS) is 37.2. The number of nitrogens with one attached hydrogen (secondary N) is 1. The number of carbonyl (C=O) groups excluding carboxylic acids is 2. The molecule has 1 aliphatic carbocycles. The van der Waals surface area contributed by atoms with Crippen LogP contribution < -0.4 is 10.7 Å². The number of aliphatic hydroxyl groups is 4. The predicted octanol–water partition coefficient (Wildman–Crippen LogP) is 4.43. The van der Waals surface area contributed by atoms with E-state index in [9.17, 15) is 44.7 Å². The number of aryl methyl sites for hydroxylation is 1. The summed E-state index contributed by atoms with van der Waals surface area (Å²) in [4.78, 5) is 56.8. The van der Waals surface area contributed by atoms with E-state index in [1.165, 1.54) is 20.2 Å². The lowest BCUT2D eigenvalue weighted by Gasteiger charge is -2.49. The largest absolute Gasteiger partial charge is 0.477 e. The monoisotopic (exact) mass is 1130 g/mol. The number of hydrogen-bond acceptors (Lipinski definition) is 18. The van der Waals surface area contributed by atoms with Crippen molar-refractivity contribution < 1.29 is 77.8 Å². The van der Waals surface area contributed by atoms with Gasteiger partial charge in [0.25, 0.3) is 0 Å². The number of cyclic esters (lactones) is 1. The van der Waals surface area contributed by atoms with Gasteiger partial charge >= 0.3 is 11.9 Å². The van der Waals surface area contributed by atoms with Crippen LogP contribution in [-0.4, -0.2) is 209 Å². The number of carboxylic acids is 1. The maximum Gasteiger partial charge on any atom is 0.341 e. The average Bonchev–Trinajstić information content (AvgIpc) is 4.26. The minimum atomic E-state index is -1.86. The van der Waals surface area contributed by atoms with Gasteiger partial charge in [-0.05, 0) is 138 Å². The van der Waals surface area contributed by atoms with Crippen LogP contribution in [0.2, 0.25) is 0 Å². The smallest absolute Gasteiger partial charge is 0.341 e. The number of nitrogens with zero attached hydrogens (tertiary/aromatic N) is 3. The molecule has 0 bridgehead atoms. The molecule has 1 aromatic heterocycles. The minimum absolute atomic E-state index is 0.0431. The molecule has 0 radical (unpaired) electrons. The Hall–Kier alpha value is -3.68. The van der Waals surface area contributed by atoms with Crippen molar-refractivity contribution in [1.82, 2.24) is 19.7 Å². The van der Waals surface area contributed by atoms with Gasteiger partial charge in [0.1, 0.15) is 29.5 Å². The van der Waals surface area contributed by atoms with Gasteiger partial charge < -0.3 is 83.1 Å². The molecule has 21 nitrogen and oxygen atoms in total. The Morgan fingerprint density at radius 2 is 1.60 bits per heavy atom. The number of carbonyl (C=O) groups is 3. The third kappa shape index (κ3) is 15.7. The SMILES string of the molecule is CC[C@H]1OC(=O)[C@H](C)[C@@H](O[C@H]2C[C@@](C)(OC)[C@@H](NC(=O)CCOCCOCCCc3ccc4c(c3)c(=O)c(C(=O)O)cn4C3CC3)[C@H](C)O2)[C@H](C)[C@@H](O[C@@H]2O[C@H](C)C[C@H](N(C)C)[C@H]2O)[C@](C)(O)C[C@@H](C)CN(C)[C@H](C)[C@@H](O)[C@]1(C)O. The van der Waals surface area contributed by atoms with Gasteiger partial charge in [0.05, 0.1) is 72.9 Å². The lowest BCUT2D eigenvalue weighted by Crippen LogP contribution is -2.64. The summed E-state index contributed by atoms with van der Waals surface area (Å²) in [7, 11) is 7.12. The maximum atomic E-state index is 14.6. The molecule has 1 saturated carbocycles. The van der Waals surface area contributed by atoms with Crippen molar-refractivity contribution in [1.29, 1.82) is 0 Å². The zero-order valence-corrected chi connectivity index (χ0v) is 49.9. The molecule has 18 atom stereocenters. The van der Waals surface area contributed by atoms with Crippen molar-refractivity contribution in [3.63, 3.8) is 0 Å². The average molecular weight is 1130 g/mol.